The number of rotatable bonds is 4. The zero-order chi connectivity index (χ0) is 9.90. The molecule has 78 valence electrons. The van der Waals surface area contributed by atoms with Crippen molar-refractivity contribution >= 4 is 0 Å². The summed E-state index contributed by atoms with van der Waals surface area (Å²) in [5, 5.41) is 3.78. The van der Waals surface area contributed by atoms with Gasteiger partial charge in [-0.1, -0.05) is 27.7 Å². The lowest BCUT2D eigenvalue weighted by Gasteiger charge is -2.36. The summed E-state index contributed by atoms with van der Waals surface area (Å²) >= 11 is 0. The predicted molar refractivity (Wildman–Crippen MR) is 57.8 cm³/mol. The summed E-state index contributed by atoms with van der Waals surface area (Å²) in [4.78, 5) is 2.60. The third-order valence-electron chi connectivity index (χ3n) is 3.56. The first-order valence-electron chi connectivity index (χ1n) is 5.75. The van der Waals surface area contributed by atoms with Gasteiger partial charge in [0.1, 0.15) is 0 Å². The van der Waals surface area contributed by atoms with Gasteiger partial charge < -0.3 is 0 Å². The molecule has 0 aromatic rings. The van der Waals surface area contributed by atoms with Crippen LogP contribution in [0.1, 0.15) is 47.0 Å². The summed E-state index contributed by atoms with van der Waals surface area (Å²) in [7, 11) is 0. The molecule has 2 heteroatoms. The van der Waals surface area contributed by atoms with E-state index in [2.05, 4.69) is 37.9 Å². The molecule has 0 bridgehead atoms. The van der Waals surface area contributed by atoms with Crippen molar-refractivity contribution in [1.82, 2.24) is 10.2 Å². The van der Waals surface area contributed by atoms with Gasteiger partial charge in [0.2, 0.25) is 0 Å². The van der Waals surface area contributed by atoms with Gasteiger partial charge in [-0.25, -0.2) is 0 Å². The average molecular weight is 184 g/mol. The van der Waals surface area contributed by atoms with E-state index in [1.807, 2.05) is 0 Å². The number of likely N-dealkylation sites (N-methyl/N-ethyl adjacent to an activating group) is 1. The number of hydrogen-bond acceptors (Lipinski definition) is 2. The third-order valence-corrected chi connectivity index (χ3v) is 3.56. The molecule has 0 aromatic carbocycles. The van der Waals surface area contributed by atoms with Crippen LogP contribution in [0.2, 0.25) is 0 Å². The maximum Gasteiger partial charge on any atom is 0.0710 e. The van der Waals surface area contributed by atoms with Crippen molar-refractivity contribution in [2.75, 3.05) is 13.1 Å². The van der Waals surface area contributed by atoms with Gasteiger partial charge in [0.15, 0.2) is 0 Å². The van der Waals surface area contributed by atoms with Gasteiger partial charge in [0.05, 0.1) is 5.66 Å². The van der Waals surface area contributed by atoms with Crippen molar-refractivity contribution in [1.29, 1.82) is 0 Å². The van der Waals surface area contributed by atoms with E-state index in [1.54, 1.807) is 0 Å². The maximum absolute atomic E-state index is 3.78. The molecule has 1 saturated heterocycles. The van der Waals surface area contributed by atoms with Crippen molar-refractivity contribution < 1.29 is 0 Å². The topological polar surface area (TPSA) is 15.3 Å². The lowest BCUT2D eigenvalue weighted by molar-refractivity contribution is 0.114. The molecule has 1 heterocycles. The van der Waals surface area contributed by atoms with Crippen LogP contribution < -0.4 is 5.32 Å². The molecule has 13 heavy (non-hydrogen) atoms. The van der Waals surface area contributed by atoms with E-state index in [4.69, 9.17) is 0 Å². The van der Waals surface area contributed by atoms with Gasteiger partial charge in [-0.3, -0.25) is 10.2 Å². The van der Waals surface area contributed by atoms with E-state index >= 15 is 0 Å². The van der Waals surface area contributed by atoms with E-state index < -0.39 is 0 Å². The highest BCUT2D eigenvalue weighted by molar-refractivity contribution is 4.96. The minimum atomic E-state index is 0.301. The SMILES string of the molecule is CCC1CN(CC)C(CC)(CC)N1. The molecular weight excluding hydrogens is 160 g/mol. The quantitative estimate of drug-likeness (QED) is 0.720. The monoisotopic (exact) mass is 184 g/mol. The molecule has 1 aliphatic heterocycles. The smallest absolute Gasteiger partial charge is 0.0710 e. The Hall–Kier alpha value is -0.0800. The van der Waals surface area contributed by atoms with Crippen LogP contribution >= 0.6 is 0 Å². The molecule has 1 N–H and O–H groups in total. The second kappa shape index (κ2) is 4.43. The molecular formula is C11H24N2. The van der Waals surface area contributed by atoms with Crippen LogP contribution in [-0.4, -0.2) is 29.7 Å². The van der Waals surface area contributed by atoms with Crippen molar-refractivity contribution in [3.8, 4) is 0 Å². The fourth-order valence-electron chi connectivity index (χ4n) is 2.52. The zero-order valence-electron chi connectivity index (χ0n) is 9.56. The van der Waals surface area contributed by atoms with Crippen molar-refractivity contribution in [2.45, 2.75) is 58.7 Å². The first-order valence-corrected chi connectivity index (χ1v) is 5.75. The van der Waals surface area contributed by atoms with Crippen LogP contribution in [0.4, 0.5) is 0 Å². The molecule has 1 unspecified atom stereocenters. The van der Waals surface area contributed by atoms with Crippen LogP contribution in [0.15, 0.2) is 0 Å². The van der Waals surface area contributed by atoms with Crippen molar-refractivity contribution in [3.05, 3.63) is 0 Å². The van der Waals surface area contributed by atoms with E-state index in [0.29, 0.717) is 11.7 Å². The van der Waals surface area contributed by atoms with Crippen molar-refractivity contribution in [2.24, 2.45) is 0 Å². The maximum atomic E-state index is 3.78. The molecule has 1 atom stereocenters. The van der Waals surface area contributed by atoms with Gasteiger partial charge >= 0.3 is 0 Å². The van der Waals surface area contributed by atoms with E-state index in [-0.39, 0.29) is 0 Å². The average Bonchev–Trinajstić information content (AvgIpc) is 2.56. The highest BCUT2D eigenvalue weighted by Crippen LogP contribution is 2.27. The van der Waals surface area contributed by atoms with E-state index in [1.165, 1.54) is 32.4 Å². The van der Waals surface area contributed by atoms with E-state index in [0.717, 1.165) is 0 Å². The van der Waals surface area contributed by atoms with Gasteiger partial charge in [-0.15, -0.1) is 0 Å². The molecule has 0 spiro atoms. The van der Waals surface area contributed by atoms with Crippen LogP contribution in [0.25, 0.3) is 0 Å². The fourth-order valence-corrected chi connectivity index (χ4v) is 2.52. The molecule has 0 saturated carbocycles. The highest BCUT2D eigenvalue weighted by Gasteiger charge is 2.40. The molecule has 1 rings (SSSR count). The second-order valence-electron chi connectivity index (χ2n) is 4.03. The summed E-state index contributed by atoms with van der Waals surface area (Å²) in [6, 6.07) is 0.708. The first-order chi connectivity index (χ1) is 6.22. The highest BCUT2D eigenvalue weighted by atomic mass is 15.4. The van der Waals surface area contributed by atoms with Crippen LogP contribution in [0, 0.1) is 0 Å². The summed E-state index contributed by atoms with van der Waals surface area (Å²) in [6.07, 6.45) is 3.68. The fraction of sp³-hybridized carbons (Fsp3) is 1.00. The standard InChI is InChI=1S/C11H24N2/c1-5-10-9-13(8-4)11(6-2,7-3)12-10/h10,12H,5-9H2,1-4H3. The van der Waals surface area contributed by atoms with Gasteiger partial charge in [0.25, 0.3) is 0 Å². The Labute approximate surface area is 82.7 Å². The Kier molecular flexibility index (Phi) is 3.74. The Bertz CT molecular complexity index is 152. The molecule has 0 aliphatic carbocycles. The molecule has 1 aliphatic rings. The summed E-state index contributed by atoms with van der Waals surface area (Å²) < 4.78 is 0. The van der Waals surface area contributed by atoms with E-state index in [9.17, 15) is 0 Å². The normalized spacial score (nSPS) is 28.2. The largest absolute Gasteiger partial charge is 0.295 e. The minimum Gasteiger partial charge on any atom is -0.295 e. The third kappa shape index (κ3) is 1.89. The van der Waals surface area contributed by atoms with Gasteiger partial charge in [-0.05, 0) is 25.8 Å². The second-order valence-corrected chi connectivity index (χ2v) is 4.03. The predicted octanol–water partition coefficient (Wildman–Crippen LogP) is 2.21. The molecule has 0 aromatic heterocycles. The van der Waals surface area contributed by atoms with Gasteiger partial charge in [-0.2, -0.15) is 0 Å². The lowest BCUT2D eigenvalue weighted by Crippen LogP contribution is -2.51. The Balaban J connectivity index is 2.70. The van der Waals surface area contributed by atoms with Crippen molar-refractivity contribution in [3.63, 3.8) is 0 Å². The molecule has 0 amide bonds. The van der Waals surface area contributed by atoms with Crippen LogP contribution in [0.3, 0.4) is 0 Å². The Morgan fingerprint density at radius 1 is 1.23 bits per heavy atom. The van der Waals surface area contributed by atoms with Gasteiger partial charge in [0, 0.05) is 12.6 Å². The minimum absolute atomic E-state index is 0.301. The van der Waals surface area contributed by atoms with Crippen LogP contribution in [-0.2, 0) is 0 Å². The number of nitrogens with one attached hydrogen (secondary N) is 1. The Morgan fingerprint density at radius 2 is 1.85 bits per heavy atom. The number of hydrogen-bond donors (Lipinski definition) is 1. The summed E-state index contributed by atoms with van der Waals surface area (Å²) in [5.41, 5.74) is 0.301. The first kappa shape index (κ1) is 11.0. The number of nitrogens with zero attached hydrogens (tertiary/aromatic N) is 1. The summed E-state index contributed by atoms with van der Waals surface area (Å²) in [6.45, 7) is 11.5. The zero-order valence-corrected chi connectivity index (χ0v) is 9.56. The lowest BCUT2D eigenvalue weighted by atomic mass is 10.0. The van der Waals surface area contributed by atoms with Crippen LogP contribution in [0.5, 0.6) is 0 Å². The molecule has 1 fully saturated rings. The summed E-state index contributed by atoms with van der Waals surface area (Å²) in [5.74, 6) is 0. The Morgan fingerprint density at radius 3 is 2.15 bits per heavy atom. The molecule has 2 nitrogen and oxygen atoms in total. The molecule has 0 radical (unpaired) electrons.